The van der Waals surface area contributed by atoms with Gasteiger partial charge in [-0.2, -0.15) is 0 Å². The van der Waals surface area contributed by atoms with E-state index in [0.717, 1.165) is 5.56 Å². The van der Waals surface area contributed by atoms with E-state index in [0.29, 0.717) is 19.3 Å². The van der Waals surface area contributed by atoms with Gasteiger partial charge < -0.3 is 25.2 Å². The first kappa shape index (κ1) is 23.2. The number of esters is 1. The first-order valence-corrected chi connectivity index (χ1v) is 9.07. The Hall–Kier alpha value is -2.87. The van der Waals surface area contributed by atoms with Crippen molar-refractivity contribution in [3.8, 4) is 0 Å². The van der Waals surface area contributed by atoms with Crippen LogP contribution in [0, 0.1) is 0 Å². The second-order valence-electron chi connectivity index (χ2n) is 6.16. The number of aliphatic hydroxyl groups is 1. The highest BCUT2D eigenvalue weighted by Gasteiger charge is 2.22. The molecule has 0 spiro atoms. The number of carbonyl (C=O) groups excluding carboxylic acids is 3. The van der Waals surface area contributed by atoms with E-state index in [2.05, 4.69) is 21.9 Å². The number of rotatable bonds is 12. The topological polar surface area (TPSA) is 114 Å². The number of allylic oxidation sites excluding steroid dienone is 1. The van der Waals surface area contributed by atoms with Gasteiger partial charge in [0.1, 0.15) is 12.6 Å². The van der Waals surface area contributed by atoms with Crippen LogP contribution in [0.2, 0.25) is 0 Å². The minimum Gasteiger partial charge on any atom is -0.467 e. The first-order valence-electron chi connectivity index (χ1n) is 9.07. The second-order valence-corrected chi connectivity index (χ2v) is 6.16. The van der Waals surface area contributed by atoms with Gasteiger partial charge in [-0.25, -0.2) is 9.59 Å². The predicted molar refractivity (Wildman–Crippen MR) is 103 cm³/mol. The summed E-state index contributed by atoms with van der Waals surface area (Å²) in [7, 11) is 1.24. The van der Waals surface area contributed by atoms with Crippen molar-refractivity contribution in [3.05, 3.63) is 48.6 Å². The highest BCUT2D eigenvalue weighted by atomic mass is 16.5. The number of benzene rings is 1. The molecule has 2 atom stereocenters. The highest BCUT2D eigenvalue weighted by molar-refractivity contribution is 5.84. The summed E-state index contributed by atoms with van der Waals surface area (Å²) in [6, 6.07) is 8.37. The largest absolute Gasteiger partial charge is 0.467 e. The molecule has 1 rings (SSSR count). The molecular formula is C20H28N2O6. The molecular weight excluding hydrogens is 364 g/mol. The maximum atomic E-state index is 12.0. The minimum atomic E-state index is -1.12. The van der Waals surface area contributed by atoms with Crippen LogP contribution in [0.15, 0.2) is 43.0 Å². The van der Waals surface area contributed by atoms with E-state index in [9.17, 15) is 19.5 Å². The standard InChI is InChI=1S/C20H28N2O6/c1-3-4-6-11-17(19(25)27-2)22-18(24)12-16(23)13-21-20(26)28-14-15-9-7-5-8-10-15/h3,5,7-10,16-17,23H,1,4,6,11-14H2,2H3,(H,21,26)(H,22,24)/t16-,17+/m1/s1. The molecule has 0 aliphatic rings. The Kier molecular flexibility index (Phi) is 11.0. The van der Waals surface area contributed by atoms with Crippen molar-refractivity contribution in [2.45, 2.75) is 44.4 Å². The van der Waals surface area contributed by atoms with Crippen LogP contribution in [0.5, 0.6) is 0 Å². The van der Waals surface area contributed by atoms with Crippen LogP contribution in [0.4, 0.5) is 4.79 Å². The molecule has 0 aliphatic heterocycles. The van der Waals surface area contributed by atoms with Gasteiger partial charge in [0, 0.05) is 6.54 Å². The summed E-state index contributed by atoms with van der Waals surface area (Å²) in [5.41, 5.74) is 0.836. The molecule has 1 aromatic rings. The van der Waals surface area contributed by atoms with Crippen molar-refractivity contribution in [3.63, 3.8) is 0 Å². The third-order valence-corrected chi connectivity index (χ3v) is 3.84. The van der Waals surface area contributed by atoms with Gasteiger partial charge in [0.25, 0.3) is 0 Å². The van der Waals surface area contributed by atoms with E-state index in [-0.39, 0.29) is 19.6 Å². The molecule has 0 aromatic heterocycles. The summed E-state index contributed by atoms with van der Waals surface area (Å²) in [6.07, 6.45) is 1.43. The Morgan fingerprint density at radius 1 is 1.25 bits per heavy atom. The van der Waals surface area contributed by atoms with Crippen molar-refractivity contribution in [1.82, 2.24) is 10.6 Å². The Bertz CT molecular complexity index is 635. The van der Waals surface area contributed by atoms with Gasteiger partial charge in [0.15, 0.2) is 0 Å². The van der Waals surface area contributed by atoms with Crippen LogP contribution in [0.1, 0.15) is 31.2 Å². The molecule has 0 bridgehead atoms. The number of aliphatic hydroxyl groups excluding tert-OH is 1. The van der Waals surface area contributed by atoms with Crippen LogP contribution in [-0.2, 0) is 25.7 Å². The van der Waals surface area contributed by atoms with E-state index in [1.54, 1.807) is 6.08 Å². The SMILES string of the molecule is C=CCCC[C@H](NC(=O)C[C@@H](O)CNC(=O)OCc1ccccc1)C(=O)OC. The maximum Gasteiger partial charge on any atom is 0.407 e. The molecule has 3 N–H and O–H groups in total. The maximum absolute atomic E-state index is 12.0. The Balaban J connectivity index is 2.32. The Labute approximate surface area is 164 Å². The highest BCUT2D eigenvalue weighted by Crippen LogP contribution is 2.05. The van der Waals surface area contributed by atoms with Crippen LogP contribution in [-0.4, -0.2) is 48.9 Å². The number of hydrogen-bond donors (Lipinski definition) is 3. The number of unbranched alkanes of at least 4 members (excludes halogenated alkanes) is 1. The number of amides is 2. The zero-order valence-electron chi connectivity index (χ0n) is 16.1. The quantitative estimate of drug-likeness (QED) is 0.283. The number of carbonyl (C=O) groups is 3. The number of nitrogens with one attached hydrogen (secondary N) is 2. The van der Waals surface area contributed by atoms with Gasteiger partial charge in [0.05, 0.1) is 19.6 Å². The summed E-state index contributed by atoms with van der Waals surface area (Å²) in [5.74, 6) is -1.06. The van der Waals surface area contributed by atoms with Gasteiger partial charge in [-0.1, -0.05) is 36.4 Å². The molecule has 8 heteroatoms. The number of alkyl carbamates (subject to hydrolysis) is 1. The van der Waals surface area contributed by atoms with Gasteiger partial charge in [0.2, 0.25) is 5.91 Å². The molecule has 1 aromatic carbocycles. The monoisotopic (exact) mass is 392 g/mol. The lowest BCUT2D eigenvalue weighted by Crippen LogP contribution is -2.43. The van der Waals surface area contributed by atoms with E-state index < -0.39 is 30.1 Å². The fourth-order valence-electron chi connectivity index (χ4n) is 2.37. The lowest BCUT2D eigenvalue weighted by molar-refractivity contribution is -0.145. The van der Waals surface area contributed by atoms with Gasteiger partial charge in [-0.15, -0.1) is 6.58 Å². The van der Waals surface area contributed by atoms with Crippen molar-refractivity contribution >= 4 is 18.0 Å². The van der Waals surface area contributed by atoms with Gasteiger partial charge in [-0.3, -0.25) is 4.79 Å². The molecule has 154 valence electrons. The van der Waals surface area contributed by atoms with Crippen molar-refractivity contribution in [1.29, 1.82) is 0 Å². The zero-order chi connectivity index (χ0) is 20.8. The molecule has 0 saturated heterocycles. The molecule has 0 unspecified atom stereocenters. The van der Waals surface area contributed by atoms with Crippen molar-refractivity contribution < 1.29 is 29.0 Å². The van der Waals surface area contributed by atoms with Gasteiger partial charge >= 0.3 is 12.1 Å². The van der Waals surface area contributed by atoms with Crippen LogP contribution in [0.3, 0.4) is 0 Å². The van der Waals surface area contributed by atoms with Crippen molar-refractivity contribution in [2.75, 3.05) is 13.7 Å². The zero-order valence-corrected chi connectivity index (χ0v) is 16.1. The average molecular weight is 392 g/mol. The summed E-state index contributed by atoms with van der Waals surface area (Å²) >= 11 is 0. The molecule has 0 heterocycles. The summed E-state index contributed by atoms with van der Waals surface area (Å²) < 4.78 is 9.69. The summed E-state index contributed by atoms with van der Waals surface area (Å²) in [4.78, 5) is 35.4. The normalized spacial score (nSPS) is 12.4. The van der Waals surface area contributed by atoms with Crippen molar-refractivity contribution in [2.24, 2.45) is 0 Å². The summed E-state index contributed by atoms with van der Waals surface area (Å²) in [6.45, 7) is 3.56. The van der Waals surface area contributed by atoms with Crippen LogP contribution in [0.25, 0.3) is 0 Å². The number of ether oxygens (including phenoxy) is 2. The number of hydrogen-bond acceptors (Lipinski definition) is 6. The molecule has 8 nitrogen and oxygen atoms in total. The minimum absolute atomic E-state index is 0.106. The fraction of sp³-hybridized carbons (Fsp3) is 0.450. The molecule has 0 fully saturated rings. The van der Waals surface area contributed by atoms with E-state index >= 15 is 0 Å². The third-order valence-electron chi connectivity index (χ3n) is 3.84. The lowest BCUT2D eigenvalue weighted by Gasteiger charge is -2.17. The van der Waals surface area contributed by atoms with E-state index in [1.807, 2.05) is 30.3 Å². The average Bonchev–Trinajstić information content (AvgIpc) is 2.70. The smallest absolute Gasteiger partial charge is 0.407 e. The molecule has 28 heavy (non-hydrogen) atoms. The third kappa shape index (κ3) is 9.72. The molecule has 0 radical (unpaired) electrons. The second kappa shape index (κ2) is 13.3. The van der Waals surface area contributed by atoms with E-state index in [1.165, 1.54) is 7.11 Å². The summed E-state index contributed by atoms with van der Waals surface area (Å²) in [5, 5.41) is 14.8. The lowest BCUT2D eigenvalue weighted by atomic mass is 10.1. The predicted octanol–water partition coefficient (Wildman–Crippen LogP) is 1.68. The van der Waals surface area contributed by atoms with E-state index in [4.69, 9.17) is 4.74 Å². The van der Waals surface area contributed by atoms with Gasteiger partial charge in [-0.05, 0) is 24.8 Å². The first-order chi connectivity index (χ1) is 13.5. The molecule has 2 amide bonds. The molecule has 0 saturated carbocycles. The van der Waals surface area contributed by atoms with Crippen LogP contribution < -0.4 is 10.6 Å². The Morgan fingerprint density at radius 2 is 1.96 bits per heavy atom. The fourth-order valence-corrected chi connectivity index (χ4v) is 2.37. The Morgan fingerprint density at radius 3 is 2.61 bits per heavy atom. The molecule has 0 aliphatic carbocycles. The number of methoxy groups -OCH3 is 1. The van der Waals surface area contributed by atoms with Crippen LogP contribution >= 0.6 is 0 Å².